The summed E-state index contributed by atoms with van der Waals surface area (Å²) in [7, 11) is 0. The van der Waals surface area contributed by atoms with Crippen molar-refractivity contribution < 1.29 is 9.53 Å². The largest absolute Gasteiger partial charge is 0.375 e. The van der Waals surface area contributed by atoms with E-state index >= 15 is 0 Å². The van der Waals surface area contributed by atoms with Crippen molar-refractivity contribution in [3.63, 3.8) is 0 Å². The van der Waals surface area contributed by atoms with E-state index in [4.69, 9.17) is 4.74 Å². The van der Waals surface area contributed by atoms with E-state index in [-0.39, 0.29) is 5.60 Å². The van der Waals surface area contributed by atoms with Gasteiger partial charge in [0.15, 0.2) is 0 Å². The maximum absolute atomic E-state index is 11.1. The predicted octanol–water partition coefficient (Wildman–Crippen LogP) is 2.31. The van der Waals surface area contributed by atoms with E-state index in [1.54, 1.807) is 0 Å². The van der Waals surface area contributed by atoms with Crippen molar-refractivity contribution >= 4 is 5.78 Å². The van der Waals surface area contributed by atoms with Gasteiger partial charge in [-0.15, -0.1) is 0 Å². The lowest BCUT2D eigenvalue weighted by Gasteiger charge is -2.42. The predicted molar refractivity (Wildman–Crippen MR) is 50.6 cm³/mol. The van der Waals surface area contributed by atoms with Gasteiger partial charge in [-0.3, -0.25) is 4.79 Å². The van der Waals surface area contributed by atoms with Crippen LogP contribution in [0.4, 0.5) is 0 Å². The second-order valence-corrected chi connectivity index (χ2v) is 4.67. The molecule has 2 aliphatic rings. The van der Waals surface area contributed by atoms with Gasteiger partial charge in [0, 0.05) is 19.4 Å². The monoisotopic (exact) mass is 182 g/mol. The van der Waals surface area contributed by atoms with Crippen LogP contribution in [-0.4, -0.2) is 18.0 Å². The first-order chi connectivity index (χ1) is 6.20. The van der Waals surface area contributed by atoms with Crippen LogP contribution in [0.3, 0.4) is 0 Å². The zero-order valence-electron chi connectivity index (χ0n) is 8.34. The molecule has 0 N–H and O–H groups in total. The average molecular weight is 182 g/mol. The summed E-state index contributed by atoms with van der Waals surface area (Å²) in [4.78, 5) is 11.1. The van der Waals surface area contributed by atoms with E-state index in [0.717, 1.165) is 38.2 Å². The lowest BCUT2D eigenvalue weighted by atomic mass is 9.76. The molecule has 74 valence electrons. The van der Waals surface area contributed by atoms with E-state index < -0.39 is 0 Å². The van der Waals surface area contributed by atoms with Gasteiger partial charge in [-0.2, -0.15) is 0 Å². The quantitative estimate of drug-likeness (QED) is 0.574. The van der Waals surface area contributed by atoms with Crippen molar-refractivity contribution in [2.24, 2.45) is 5.92 Å². The highest BCUT2D eigenvalue weighted by Crippen LogP contribution is 2.39. The fourth-order valence-corrected chi connectivity index (χ4v) is 2.61. The fraction of sp³-hybridized carbons (Fsp3) is 0.909. The zero-order valence-corrected chi connectivity index (χ0v) is 8.34. The van der Waals surface area contributed by atoms with Crippen molar-refractivity contribution in [2.45, 2.75) is 51.0 Å². The van der Waals surface area contributed by atoms with E-state index in [1.165, 1.54) is 12.8 Å². The molecule has 0 aromatic carbocycles. The second kappa shape index (κ2) is 3.41. The third kappa shape index (κ3) is 1.93. The third-order valence-corrected chi connectivity index (χ3v) is 3.46. The number of hydrogen-bond donors (Lipinski definition) is 0. The topological polar surface area (TPSA) is 26.3 Å². The van der Waals surface area contributed by atoms with Crippen LogP contribution in [0.25, 0.3) is 0 Å². The summed E-state index contributed by atoms with van der Waals surface area (Å²) < 4.78 is 5.87. The Morgan fingerprint density at radius 2 is 2.08 bits per heavy atom. The summed E-state index contributed by atoms with van der Waals surface area (Å²) in [6, 6.07) is 0. The number of Topliss-reactive ketones (excluding diaryl/α,β-unsaturated/α-hetero) is 1. The van der Waals surface area contributed by atoms with Gasteiger partial charge >= 0.3 is 0 Å². The molecule has 2 fully saturated rings. The third-order valence-electron chi connectivity index (χ3n) is 3.46. The summed E-state index contributed by atoms with van der Waals surface area (Å²) in [5.74, 6) is 1.20. The van der Waals surface area contributed by atoms with Gasteiger partial charge in [0.05, 0.1) is 5.60 Å². The molecular formula is C11H18O2. The SMILES string of the molecule is CC1CCOC2(CCC(=O)CC2)C1. The Morgan fingerprint density at radius 1 is 1.38 bits per heavy atom. The summed E-state index contributed by atoms with van der Waals surface area (Å²) in [5.41, 5.74) is 0.0889. The Labute approximate surface area is 79.7 Å². The first-order valence-corrected chi connectivity index (χ1v) is 5.36. The molecule has 1 unspecified atom stereocenters. The Balaban J connectivity index is 1.99. The first-order valence-electron chi connectivity index (χ1n) is 5.36. The minimum absolute atomic E-state index is 0.0889. The van der Waals surface area contributed by atoms with E-state index in [2.05, 4.69) is 6.92 Å². The number of ether oxygens (including phenoxy) is 1. The normalized spacial score (nSPS) is 33.6. The Morgan fingerprint density at radius 3 is 2.69 bits per heavy atom. The first kappa shape index (κ1) is 9.20. The molecule has 1 atom stereocenters. The molecule has 1 heterocycles. The molecule has 1 saturated heterocycles. The Hall–Kier alpha value is -0.370. The summed E-state index contributed by atoms with van der Waals surface area (Å²) in [5, 5.41) is 0. The van der Waals surface area contributed by atoms with Crippen LogP contribution in [0.15, 0.2) is 0 Å². The van der Waals surface area contributed by atoms with E-state index in [9.17, 15) is 4.79 Å². The van der Waals surface area contributed by atoms with Gasteiger partial charge in [0.2, 0.25) is 0 Å². The molecule has 0 aromatic heterocycles. The molecule has 2 rings (SSSR count). The molecule has 1 saturated carbocycles. The molecule has 2 nitrogen and oxygen atoms in total. The van der Waals surface area contributed by atoms with Crippen molar-refractivity contribution in [1.82, 2.24) is 0 Å². The van der Waals surface area contributed by atoms with Gasteiger partial charge < -0.3 is 4.74 Å². The van der Waals surface area contributed by atoms with Crippen LogP contribution in [0.2, 0.25) is 0 Å². The molecule has 0 bridgehead atoms. The second-order valence-electron chi connectivity index (χ2n) is 4.67. The molecule has 1 spiro atoms. The number of hydrogen-bond acceptors (Lipinski definition) is 2. The lowest BCUT2D eigenvalue weighted by Crippen LogP contribution is -2.42. The highest BCUT2D eigenvalue weighted by Gasteiger charge is 2.38. The standard InChI is InChI=1S/C11H18O2/c1-9-4-7-13-11(8-9)5-2-10(12)3-6-11/h9H,2-8H2,1H3. The lowest BCUT2D eigenvalue weighted by molar-refractivity contribution is -0.139. The minimum Gasteiger partial charge on any atom is -0.375 e. The smallest absolute Gasteiger partial charge is 0.133 e. The maximum Gasteiger partial charge on any atom is 0.133 e. The molecule has 2 heteroatoms. The van der Waals surface area contributed by atoms with Gasteiger partial charge in [-0.05, 0) is 31.6 Å². The number of rotatable bonds is 0. The van der Waals surface area contributed by atoms with Gasteiger partial charge in [0.25, 0.3) is 0 Å². The summed E-state index contributed by atoms with van der Waals surface area (Å²) in [6.07, 6.45) is 5.78. The van der Waals surface area contributed by atoms with E-state index in [1.807, 2.05) is 0 Å². The van der Waals surface area contributed by atoms with Crippen LogP contribution in [0.1, 0.15) is 45.4 Å². The van der Waals surface area contributed by atoms with Gasteiger partial charge in [-0.25, -0.2) is 0 Å². The molecule has 0 aromatic rings. The number of carbonyl (C=O) groups is 1. The molecule has 1 aliphatic carbocycles. The molecule has 0 amide bonds. The van der Waals surface area contributed by atoms with Crippen LogP contribution >= 0.6 is 0 Å². The molecular weight excluding hydrogens is 164 g/mol. The highest BCUT2D eigenvalue weighted by atomic mass is 16.5. The Kier molecular flexibility index (Phi) is 2.41. The van der Waals surface area contributed by atoms with Gasteiger partial charge in [-0.1, -0.05) is 6.92 Å². The van der Waals surface area contributed by atoms with Crippen molar-refractivity contribution in [1.29, 1.82) is 0 Å². The van der Waals surface area contributed by atoms with Crippen molar-refractivity contribution in [2.75, 3.05) is 6.61 Å². The Bertz CT molecular complexity index is 200. The summed E-state index contributed by atoms with van der Waals surface area (Å²) in [6.45, 7) is 3.19. The van der Waals surface area contributed by atoms with Crippen molar-refractivity contribution in [3.05, 3.63) is 0 Å². The van der Waals surface area contributed by atoms with Crippen LogP contribution < -0.4 is 0 Å². The maximum atomic E-state index is 11.1. The number of carbonyl (C=O) groups excluding carboxylic acids is 1. The molecule has 1 aliphatic heterocycles. The molecule has 13 heavy (non-hydrogen) atoms. The number of ketones is 1. The van der Waals surface area contributed by atoms with Gasteiger partial charge in [0.1, 0.15) is 5.78 Å². The fourth-order valence-electron chi connectivity index (χ4n) is 2.61. The highest BCUT2D eigenvalue weighted by molar-refractivity contribution is 5.79. The van der Waals surface area contributed by atoms with E-state index in [0.29, 0.717) is 5.78 Å². The average Bonchev–Trinajstić information content (AvgIpc) is 2.11. The van der Waals surface area contributed by atoms with Crippen molar-refractivity contribution in [3.8, 4) is 0 Å². The molecule has 0 radical (unpaired) electrons. The van der Waals surface area contributed by atoms with Crippen LogP contribution in [-0.2, 0) is 9.53 Å². The van der Waals surface area contributed by atoms with Crippen LogP contribution in [0.5, 0.6) is 0 Å². The zero-order chi connectivity index (χ0) is 9.31. The van der Waals surface area contributed by atoms with Crippen LogP contribution in [0, 0.1) is 5.92 Å². The summed E-state index contributed by atoms with van der Waals surface area (Å²) >= 11 is 0. The minimum atomic E-state index is 0.0889.